The van der Waals surface area contributed by atoms with Crippen LogP contribution in [-0.4, -0.2) is 14.5 Å². The van der Waals surface area contributed by atoms with Crippen LogP contribution in [0.2, 0.25) is 0 Å². The highest BCUT2D eigenvalue weighted by Crippen LogP contribution is 2.20. The highest BCUT2D eigenvalue weighted by Gasteiger charge is 2.14. The normalized spacial score (nSPS) is 10.6. The molecule has 0 fully saturated rings. The van der Waals surface area contributed by atoms with Crippen LogP contribution >= 0.6 is 0 Å². The molecule has 3 rings (SSSR count). The molecule has 1 aromatic heterocycles. The van der Waals surface area contributed by atoms with Gasteiger partial charge in [0.25, 0.3) is 5.69 Å². The van der Waals surface area contributed by atoms with Gasteiger partial charge in [0, 0.05) is 36.1 Å². The Bertz CT molecular complexity index is 825. The van der Waals surface area contributed by atoms with Crippen LogP contribution in [0.4, 0.5) is 11.4 Å². The maximum absolute atomic E-state index is 11.1. The Balaban J connectivity index is 1.84. The average molecular weight is 308 g/mol. The van der Waals surface area contributed by atoms with Crippen LogP contribution in [0, 0.1) is 10.1 Å². The Morgan fingerprint density at radius 2 is 1.87 bits per heavy atom. The minimum absolute atomic E-state index is 0.125. The Kier molecular flexibility index (Phi) is 4.05. The van der Waals surface area contributed by atoms with Gasteiger partial charge in [0.1, 0.15) is 5.82 Å². The first-order valence-corrected chi connectivity index (χ1v) is 7.20. The molecule has 23 heavy (non-hydrogen) atoms. The molecule has 0 aliphatic carbocycles. The van der Waals surface area contributed by atoms with Gasteiger partial charge in [0.15, 0.2) is 0 Å². The summed E-state index contributed by atoms with van der Waals surface area (Å²) in [6.45, 7) is 0.418. The lowest BCUT2D eigenvalue weighted by atomic mass is 10.1. The molecule has 6 heteroatoms. The molecular formula is C17H16N4O2. The summed E-state index contributed by atoms with van der Waals surface area (Å²) in [5.74, 6) is 0.855. The van der Waals surface area contributed by atoms with Gasteiger partial charge in [-0.05, 0) is 17.7 Å². The molecule has 2 N–H and O–H groups in total. The van der Waals surface area contributed by atoms with Gasteiger partial charge in [0.05, 0.1) is 11.5 Å². The molecule has 0 atom stereocenters. The Morgan fingerprint density at radius 3 is 2.61 bits per heavy atom. The lowest BCUT2D eigenvalue weighted by Gasteiger charge is -2.09. The predicted molar refractivity (Wildman–Crippen MR) is 88.1 cm³/mol. The van der Waals surface area contributed by atoms with Crippen LogP contribution in [-0.2, 0) is 13.0 Å². The molecule has 1 heterocycles. The van der Waals surface area contributed by atoms with E-state index in [0.29, 0.717) is 18.5 Å². The van der Waals surface area contributed by atoms with E-state index in [0.717, 1.165) is 17.1 Å². The number of hydrogen-bond acceptors (Lipinski definition) is 4. The first-order chi connectivity index (χ1) is 11.1. The van der Waals surface area contributed by atoms with Crippen molar-refractivity contribution >= 4 is 11.4 Å². The first kappa shape index (κ1) is 14.8. The van der Waals surface area contributed by atoms with E-state index in [-0.39, 0.29) is 10.6 Å². The van der Waals surface area contributed by atoms with E-state index in [1.807, 2.05) is 35.0 Å². The number of nitrogen functional groups attached to an aromatic ring is 1. The van der Waals surface area contributed by atoms with Crippen molar-refractivity contribution in [1.29, 1.82) is 0 Å². The van der Waals surface area contributed by atoms with Crippen molar-refractivity contribution in [3.05, 3.63) is 88.0 Å². The van der Waals surface area contributed by atoms with Crippen molar-refractivity contribution in [2.45, 2.75) is 13.0 Å². The fourth-order valence-corrected chi connectivity index (χ4v) is 2.48. The molecule has 0 saturated heterocycles. The van der Waals surface area contributed by atoms with Crippen LogP contribution in [0.25, 0.3) is 0 Å². The summed E-state index contributed by atoms with van der Waals surface area (Å²) in [6, 6.07) is 14.4. The number of benzene rings is 2. The van der Waals surface area contributed by atoms with Gasteiger partial charge in [-0.2, -0.15) is 0 Å². The van der Waals surface area contributed by atoms with Gasteiger partial charge in [0.2, 0.25) is 0 Å². The summed E-state index contributed by atoms with van der Waals surface area (Å²) in [4.78, 5) is 15.1. The van der Waals surface area contributed by atoms with Crippen LogP contribution in [0.3, 0.4) is 0 Å². The zero-order valence-electron chi connectivity index (χ0n) is 12.4. The highest BCUT2D eigenvalue weighted by atomic mass is 16.6. The summed E-state index contributed by atoms with van der Waals surface area (Å²) in [6.07, 6.45) is 4.19. The lowest BCUT2D eigenvalue weighted by molar-refractivity contribution is -0.385. The van der Waals surface area contributed by atoms with E-state index in [1.165, 1.54) is 6.07 Å². The Morgan fingerprint density at radius 1 is 1.13 bits per heavy atom. The number of hydrogen-bond donors (Lipinski definition) is 1. The van der Waals surface area contributed by atoms with E-state index in [4.69, 9.17) is 5.73 Å². The van der Waals surface area contributed by atoms with Crippen molar-refractivity contribution in [2.24, 2.45) is 0 Å². The SMILES string of the molecule is Nc1ccc(Cc2nccn2Cc2ccccc2[N+](=O)[O-])cc1. The number of para-hydroxylation sites is 1. The maximum Gasteiger partial charge on any atom is 0.274 e. The smallest absolute Gasteiger partial charge is 0.274 e. The number of imidazole rings is 1. The van der Waals surface area contributed by atoms with Crippen molar-refractivity contribution < 1.29 is 4.92 Å². The van der Waals surface area contributed by atoms with Gasteiger partial charge >= 0.3 is 0 Å². The predicted octanol–water partition coefficient (Wildman–Crippen LogP) is 3.01. The van der Waals surface area contributed by atoms with Crippen molar-refractivity contribution in [3.63, 3.8) is 0 Å². The molecule has 3 aromatic rings. The standard InChI is InChI=1S/C17H16N4O2/c18-15-7-5-13(6-8-15)11-17-19-9-10-20(17)12-14-3-1-2-4-16(14)21(22)23/h1-10H,11-12,18H2. The fraction of sp³-hybridized carbons (Fsp3) is 0.118. The van der Waals surface area contributed by atoms with Gasteiger partial charge < -0.3 is 10.3 Å². The lowest BCUT2D eigenvalue weighted by Crippen LogP contribution is -2.07. The molecule has 0 radical (unpaired) electrons. The third-order valence-electron chi connectivity index (χ3n) is 3.67. The van der Waals surface area contributed by atoms with Gasteiger partial charge in [-0.25, -0.2) is 4.98 Å². The monoisotopic (exact) mass is 308 g/mol. The summed E-state index contributed by atoms with van der Waals surface area (Å²) < 4.78 is 1.93. The van der Waals surface area contributed by atoms with Crippen molar-refractivity contribution in [1.82, 2.24) is 9.55 Å². The van der Waals surface area contributed by atoms with Crippen LogP contribution < -0.4 is 5.73 Å². The molecule has 6 nitrogen and oxygen atoms in total. The van der Waals surface area contributed by atoms with Crippen molar-refractivity contribution in [3.8, 4) is 0 Å². The number of nitrogens with zero attached hydrogens (tertiary/aromatic N) is 3. The third-order valence-corrected chi connectivity index (χ3v) is 3.67. The molecular weight excluding hydrogens is 292 g/mol. The first-order valence-electron chi connectivity index (χ1n) is 7.20. The third kappa shape index (κ3) is 3.37. The molecule has 0 aliphatic rings. The minimum atomic E-state index is -0.355. The highest BCUT2D eigenvalue weighted by molar-refractivity contribution is 5.41. The molecule has 0 amide bonds. The van der Waals surface area contributed by atoms with Gasteiger partial charge in [-0.3, -0.25) is 10.1 Å². The van der Waals surface area contributed by atoms with E-state index < -0.39 is 0 Å². The quantitative estimate of drug-likeness (QED) is 0.446. The number of aromatic nitrogens is 2. The zero-order chi connectivity index (χ0) is 16.2. The van der Waals surface area contributed by atoms with E-state index in [9.17, 15) is 10.1 Å². The summed E-state index contributed by atoms with van der Waals surface area (Å²) >= 11 is 0. The number of nitrogens with two attached hydrogens (primary N) is 1. The fourth-order valence-electron chi connectivity index (χ4n) is 2.48. The maximum atomic E-state index is 11.1. The van der Waals surface area contributed by atoms with Crippen LogP contribution in [0.1, 0.15) is 17.0 Å². The zero-order valence-corrected chi connectivity index (χ0v) is 12.4. The molecule has 0 aliphatic heterocycles. The Labute approximate surface area is 133 Å². The second kappa shape index (κ2) is 6.31. The Hall–Kier alpha value is -3.15. The number of anilines is 1. The average Bonchev–Trinajstić information content (AvgIpc) is 2.97. The topological polar surface area (TPSA) is 87.0 Å². The van der Waals surface area contributed by atoms with E-state index in [2.05, 4.69) is 4.98 Å². The molecule has 0 unspecified atom stereocenters. The molecule has 0 spiro atoms. The second-order valence-corrected chi connectivity index (χ2v) is 5.28. The van der Waals surface area contributed by atoms with Crippen molar-refractivity contribution in [2.75, 3.05) is 5.73 Å². The van der Waals surface area contributed by atoms with Crippen LogP contribution in [0.5, 0.6) is 0 Å². The van der Waals surface area contributed by atoms with Gasteiger partial charge in [-0.15, -0.1) is 0 Å². The van der Waals surface area contributed by atoms with Gasteiger partial charge in [-0.1, -0.05) is 30.3 Å². The molecule has 116 valence electrons. The van der Waals surface area contributed by atoms with E-state index in [1.54, 1.807) is 24.4 Å². The summed E-state index contributed by atoms with van der Waals surface area (Å²) in [7, 11) is 0. The molecule has 2 aromatic carbocycles. The van der Waals surface area contributed by atoms with Crippen LogP contribution in [0.15, 0.2) is 60.9 Å². The summed E-state index contributed by atoms with van der Waals surface area (Å²) in [5, 5.41) is 11.1. The number of rotatable bonds is 5. The number of nitro benzene ring substituents is 1. The number of nitro groups is 1. The van der Waals surface area contributed by atoms with E-state index >= 15 is 0 Å². The second-order valence-electron chi connectivity index (χ2n) is 5.28. The largest absolute Gasteiger partial charge is 0.399 e. The molecule has 0 saturated carbocycles. The summed E-state index contributed by atoms with van der Waals surface area (Å²) in [5.41, 5.74) is 8.29. The molecule has 0 bridgehead atoms. The minimum Gasteiger partial charge on any atom is -0.399 e.